The number of pyridine rings is 1. The molecule has 1 aliphatic heterocycles. The summed E-state index contributed by atoms with van der Waals surface area (Å²) in [7, 11) is 0. The van der Waals surface area contributed by atoms with E-state index in [-0.39, 0.29) is 5.91 Å². The molecule has 1 aliphatic rings. The standard InChI is InChI=1S/C17H17F2N3O/c18-14-6-4-12(10-15(14)19)21-13-5-7-16(20-11-13)17(23)22-8-2-1-3-9-22/h4-7,10-11,21H,1-3,8-9H2. The van der Waals surface area contributed by atoms with E-state index in [1.165, 1.54) is 12.3 Å². The van der Waals surface area contributed by atoms with Gasteiger partial charge in [0.05, 0.1) is 11.9 Å². The van der Waals surface area contributed by atoms with Gasteiger partial charge in [0.2, 0.25) is 0 Å². The number of anilines is 2. The van der Waals surface area contributed by atoms with Gasteiger partial charge in [-0.1, -0.05) is 0 Å². The van der Waals surface area contributed by atoms with Crippen molar-refractivity contribution in [3.63, 3.8) is 0 Å². The zero-order valence-electron chi connectivity index (χ0n) is 12.6. The molecule has 1 saturated heterocycles. The monoisotopic (exact) mass is 317 g/mol. The van der Waals surface area contributed by atoms with Crippen molar-refractivity contribution in [3.8, 4) is 0 Å². The van der Waals surface area contributed by atoms with Gasteiger partial charge in [-0.25, -0.2) is 13.8 Å². The predicted molar refractivity (Wildman–Crippen MR) is 83.6 cm³/mol. The summed E-state index contributed by atoms with van der Waals surface area (Å²) in [5, 5.41) is 2.92. The number of hydrogen-bond donors (Lipinski definition) is 1. The molecule has 2 aromatic rings. The van der Waals surface area contributed by atoms with Gasteiger partial charge in [0.1, 0.15) is 5.69 Å². The zero-order valence-corrected chi connectivity index (χ0v) is 12.6. The summed E-state index contributed by atoms with van der Waals surface area (Å²) in [5.41, 5.74) is 1.41. The number of carbonyl (C=O) groups excluding carboxylic acids is 1. The van der Waals surface area contributed by atoms with E-state index in [4.69, 9.17) is 0 Å². The van der Waals surface area contributed by atoms with Crippen LogP contribution in [0.25, 0.3) is 0 Å². The molecule has 0 spiro atoms. The lowest BCUT2D eigenvalue weighted by molar-refractivity contribution is 0.0718. The highest BCUT2D eigenvalue weighted by Gasteiger charge is 2.18. The Morgan fingerprint density at radius 1 is 1.00 bits per heavy atom. The molecule has 1 aromatic carbocycles. The summed E-state index contributed by atoms with van der Waals surface area (Å²) in [6, 6.07) is 6.90. The first kappa shape index (κ1) is 15.4. The highest BCUT2D eigenvalue weighted by atomic mass is 19.2. The van der Waals surface area contributed by atoms with Crippen LogP contribution in [0.3, 0.4) is 0 Å². The molecular formula is C17H17F2N3O. The first-order chi connectivity index (χ1) is 11.1. The predicted octanol–water partition coefficient (Wildman–Crippen LogP) is 3.73. The largest absolute Gasteiger partial charge is 0.354 e. The van der Waals surface area contributed by atoms with Crippen molar-refractivity contribution in [2.45, 2.75) is 19.3 Å². The minimum atomic E-state index is -0.917. The van der Waals surface area contributed by atoms with E-state index in [1.54, 1.807) is 12.1 Å². The Morgan fingerprint density at radius 2 is 1.74 bits per heavy atom. The van der Waals surface area contributed by atoms with E-state index in [9.17, 15) is 13.6 Å². The number of benzene rings is 1. The lowest BCUT2D eigenvalue weighted by Gasteiger charge is -2.26. The summed E-state index contributed by atoms with van der Waals surface area (Å²) in [6.45, 7) is 1.55. The Morgan fingerprint density at radius 3 is 2.39 bits per heavy atom. The van der Waals surface area contributed by atoms with E-state index in [2.05, 4.69) is 10.3 Å². The lowest BCUT2D eigenvalue weighted by atomic mass is 10.1. The molecule has 1 fully saturated rings. The molecule has 23 heavy (non-hydrogen) atoms. The van der Waals surface area contributed by atoms with E-state index in [0.717, 1.165) is 44.5 Å². The first-order valence-corrected chi connectivity index (χ1v) is 7.61. The Hall–Kier alpha value is -2.50. The number of halogens is 2. The van der Waals surface area contributed by atoms with Gasteiger partial charge < -0.3 is 10.2 Å². The molecule has 2 heterocycles. The van der Waals surface area contributed by atoms with Crippen LogP contribution >= 0.6 is 0 Å². The first-order valence-electron chi connectivity index (χ1n) is 7.61. The maximum absolute atomic E-state index is 13.2. The summed E-state index contributed by atoms with van der Waals surface area (Å²) in [5.74, 6) is -1.87. The maximum Gasteiger partial charge on any atom is 0.272 e. The van der Waals surface area contributed by atoms with Crippen molar-refractivity contribution in [2.75, 3.05) is 18.4 Å². The van der Waals surface area contributed by atoms with Crippen molar-refractivity contribution in [1.82, 2.24) is 9.88 Å². The van der Waals surface area contributed by atoms with Crippen LogP contribution < -0.4 is 5.32 Å². The number of carbonyl (C=O) groups is 1. The third-order valence-electron chi connectivity index (χ3n) is 3.83. The molecule has 0 atom stereocenters. The van der Waals surface area contributed by atoms with Gasteiger partial charge in [-0.05, 0) is 43.5 Å². The van der Waals surface area contributed by atoms with Crippen molar-refractivity contribution in [2.24, 2.45) is 0 Å². The molecule has 120 valence electrons. The zero-order chi connectivity index (χ0) is 16.2. The summed E-state index contributed by atoms with van der Waals surface area (Å²) >= 11 is 0. The quantitative estimate of drug-likeness (QED) is 0.938. The molecule has 1 N–H and O–H groups in total. The molecule has 6 heteroatoms. The van der Waals surface area contributed by atoms with Gasteiger partial charge in [-0.15, -0.1) is 0 Å². The number of nitrogens with zero attached hydrogens (tertiary/aromatic N) is 2. The maximum atomic E-state index is 13.2. The summed E-state index contributed by atoms with van der Waals surface area (Å²) in [6.07, 6.45) is 4.73. The smallest absolute Gasteiger partial charge is 0.272 e. The van der Waals surface area contributed by atoms with Crippen LogP contribution in [-0.4, -0.2) is 28.9 Å². The Balaban J connectivity index is 1.68. The second-order valence-corrected chi connectivity index (χ2v) is 5.54. The number of aromatic nitrogens is 1. The third kappa shape index (κ3) is 3.64. The lowest BCUT2D eigenvalue weighted by Crippen LogP contribution is -2.36. The van der Waals surface area contributed by atoms with Crippen LogP contribution in [0.1, 0.15) is 29.8 Å². The van der Waals surface area contributed by atoms with Crippen LogP contribution in [0.2, 0.25) is 0 Å². The van der Waals surface area contributed by atoms with Gasteiger partial charge >= 0.3 is 0 Å². The molecule has 0 unspecified atom stereocenters. The number of hydrogen-bond acceptors (Lipinski definition) is 3. The van der Waals surface area contributed by atoms with Crippen molar-refractivity contribution >= 4 is 17.3 Å². The highest BCUT2D eigenvalue weighted by Crippen LogP contribution is 2.19. The molecular weight excluding hydrogens is 300 g/mol. The molecule has 0 aliphatic carbocycles. The van der Waals surface area contributed by atoms with E-state index >= 15 is 0 Å². The third-order valence-corrected chi connectivity index (χ3v) is 3.83. The second-order valence-electron chi connectivity index (χ2n) is 5.54. The van der Waals surface area contributed by atoms with Crippen LogP contribution in [0.4, 0.5) is 20.2 Å². The number of nitrogens with one attached hydrogen (secondary N) is 1. The summed E-state index contributed by atoms with van der Waals surface area (Å²) < 4.78 is 26.1. The Labute approximate surface area is 133 Å². The molecule has 4 nitrogen and oxygen atoms in total. The van der Waals surface area contributed by atoms with Crippen molar-refractivity contribution < 1.29 is 13.6 Å². The van der Waals surface area contributed by atoms with E-state index in [1.807, 2.05) is 4.90 Å². The number of piperidine rings is 1. The Kier molecular flexibility index (Phi) is 4.50. The minimum absolute atomic E-state index is 0.0657. The van der Waals surface area contributed by atoms with Gasteiger partial charge in [0.15, 0.2) is 11.6 Å². The van der Waals surface area contributed by atoms with Crippen LogP contribution in [0.15, 0.2) is 36.5 Å². The van der Waals surface area contributed by atoms with Crippen LogP contribution in [-0.2, 0) is 0 Å². The average Bonchev–Trinajstić information content (AvgIpc) is 2.59. The van der Waals surface area contributed by atoms with Gasteiger partial charge in [0.25, 0.3) is 5.91 Å². The average molecular weight is 317 g/mol. The normalized spacial score (nSPS) is 14.6. The van der Waals surface area contributed by atoms with Gasteiger partial charge in [0, 0.05) is 24.8 Å². The molecule has 0 radical (unpaired) electrons. The molecule has 3 rings (SSSR count). The van der Waals surface area contributed by atoms with Crippen LogP contribution in [0, 0.1) is 11.6 Å². The second kappa shape index (κ2) is 6.73. The number of likely N-dealkylation sites (tertiary alicyclic amines) is 1. The number of amides is 1. The fraction of sp³-hybridized carbons (Fsp3) is 0.294. The topological polar surface area (TPSA) is 45.2 Å². The SMILES string of the molecule is O=C(c1ccc(Nc2ccc(F)c(F)c2)cn1)N1CCCCC1. The Bertz CT molecular complexity index is 697. The fourth-order valence-corrected chi connectivity index (χ4v) is 2.59. The molecule has 0 bridgehead atoms. The van der Waals surface area contributed by atoms with E-state index in [0.29, 0.717) is 17.1 Å². The van der Waals surface area contributed by atoms with Gasteiger partial charge in [-0.3, -0.25) is 4.79 Å². The minimum Gasteiger partial charge on any atom is -0.354 e. The van der Waals surface area contributed by atoms with Gasteiger partial charge in [-0.2, -0.15) is 0 Å². The van der Waals surface area contributed by atoms with Crippen molar-refractivity contribution in [3.05, 3.63) is 53.9 Å². The molecule has 1 amide bonds. The van der Waals surface area contributed by atoms with Crippen LogP contribution in [0.5, 0.6) is 0 Å². The number of rotatable bonds is 3. The van der Waals surface area contributed by atoms with E-state index < -0.39 is 11.6 Å². The molecule has 1 aromatic heterocycles. The van der Waals surface area contributed by atoms with Crippen molar-refractivity contribution in [1.29, 1.82) is 0 Å². The highest BCUT2D eigenvalue weighted by molar-refractivity contribution is 5.92. The summed E-state index contributed by atoms with van der Waals surface area (Å²) in [4.78, 5) is 18.3. The molecule has 0 saturated carbocycles. The fourth-order valence-electron chi connectivity index (χ4n) is 2.59.